The molecule has 0 fully saturated rings. The summed E-state index contributed by atoms with van der Waals surface area (Å²) in [5.74, 6) is -0.207. The first-order valence-electron chi connectivity index (χ1n) is 5.46. The Morgan fingerprint density at radius 2 is 1.47 bits per heavy atom. The summed E-state index contributed by atoms with van der Waals surface area (Å²) in [6.07, 6.45) is 1.68. The third kappa shape index (κ3) is 16.1. The highest BCUT2D eigenvalue weighted by molar-refractivity contribution is 5.66. The van der Waals surface area contributed by atoms with Crippen molar-refractivity contribution in [2.45, 2.75) is 72.5 Å². The van der Waals surface area contributed by atoms with Crippen molar-refractivity contribution in [2.24, 2.45) is 0 Å². The van der Waals surface area contributed by atoms with Crippen LogP contribution >= 0.6 is 0 Å². The summed E-state index contributed by atoms with van der Waals surface area (Å²) in [4.78, 5) is 10.4. The fourth-order valence-corrected chi connectivity index (χ4v) is 0.461. The molecule has 0 heterocycles. The van der Waals surface area contributed by atoms with Crippen LogP contribution in [0.25, 0.3) is 0 Å². The van der Waals surface area contributed by atoms with Crippen LogP contribution in [-0.4, -0.2) is 22.3 Å². The van der Waals surface area contributed by atoms with E-state index < -0.39 is 5.60 Å². The van der Waals surface area contributed by atoms with Crippen LogP contribution in [0, 0.1) is 0 Å². The van der Waals surface area contributed by atoms with Gasteiger partial charge in [0.25, 0.3) is 0 Å². The summed E-state index contributed by atoms with van der Waals surface area (Å²) in [6.45, 7) is 12.8. The van der Waals surface area contributed by atoms with E-state index in [1.165, 1.54) is 6.92 Å². The van der Waals surface area contributed by atoms with Gasteiger partial charge in [-0.1, -0.05) is 13.8 Å². The van der Waals surface area contributed by atoms with Crippen LogP contribution in [-0.2, 0) is 9.53 Å². The van der Waals surface area contributed by atoms with E-state index in [4.69, 9.17) is 9.84 Å². The molecule has 0 spiro atoms. The van der Waals surface area contributed by atoms with Crippen molar-refractivity contribution in [3.8, 4) is 0 Å². The summed E-state index contributed by atoms with van der Waals surface area (Å²) in [6, 6.07) is 0. The molecule has 0 aromatic carbocycles. The van der Waals surface area contributed by atoms with Crippen molar-refractivity contribution in [2.75, 3.05) is 0 Å². The van der Waals surface area contributed by atoms with Gasteiger partial charge in [-0.3, -0.25) is 4.79 Å². The van der Waals surface area contributed by atoms with Gasteiger partial charge in [-0.15, -0.1) is 0 Å². The number of carbonyl (C=O) groups is 1. The van der Waals surface area contributed by atoms with Crippen molar-refractivity contribution in [3.05, 3.63) is 0 Å². The Balaban J connectivity index is 0. The molecule has 0 bridgehead atoms. The molecule has 0 saturated heterocycles. The summed E-state index contributed by atoms with van der Waals surface area (Å²) >= 11 is 0. The maximum Gasteiger partial charge on any atom is 0.303 e. The molecule has 0 aromatic heterocycles. The van der Waals surface area contributed by atoms with Gasteiger partial charge in [0.1, 0.15) is 5.60 Å². The van der Waals surface area contributed by atoms with E-state index >= 15 is 0 Å². The zero-order valence-corrected chi connectivity index (χ0v) is 11.2. The van der Waals surface area contributed by atoms with E-state index in [0.29, 0.717) is 0 Å². The number of hydrogen-bond acceptors (Lipinski definition) is 3. The molecule has 0 amide bonds. The zero-order chi connectivity index (χ0) is 12.7. The lowest BCUT2D eigenvalue weighted by Gasteiger charge is -2.21. The predicted molar refractivity (Wildman–Crippen MR) is 62.7 cm³/mol. The number of ether oxygens (including phenoxy) is 1. The number of hydrogen-bond donors (Lipinski definition) is 1. The van der Waals surface area contributed by atoms with E-state index in [1.807, 2.05) is 27.7 Å². The fraction of sp³-hybridized carbons (Fsp3) is 0.917. The molecule has 0 rings (SSSR count). The lowest BCUT2D eigenvalue weighted by molar-refractivity contribution is -0.153. The highest BCUT2D eigenvalue weighted by Crippen LogP contribution is 2.12. The molecule has 0 unspecified atom stereocenters. The number of carbonyl (C=O) groups excluding carboxylic acids is 1. The lowest BCUT2D eigenvalue weighted by atomic mass is 10.1. The fourth-order valence-electron chi connectivity index (χ4n) is 0.461. The molecule has 3 heteroatoms. The van der Waals surface area contributed by atoms with E-state index in [-0.39, 0.29) is 11.6 Å². The van der Waals surface area contributed by atoms with Crippen molar-refractivity contribution in [1.29, 1.82) is 0 Å². The first-order valence-corrected chi connectivity index (χ1v) is 5.46. The molecule has 3 nitrogen and oxygen atoms in total. The molecule has 92 valence electrons. The third-order valence-electron chi connectivity index (χ3n) is 2.14. The maximum atomic E-state index is 10.4. The molecular weight excluding hydrogens is 192 g/mol. The molecule has 1 N–H and O–H groups in total. The summed E-state index contributed by atoms with van der Waals surface area (Å²) in [5, 5.41) is 8.83. The average molecular weight is 218 g/mol. The Morgan fingerprint density at radius 3 is 1.53 bits per heavy atom. The number of rotatable bonds is 3. The Hall–Kier alpha value is -0.570. The first kappa shape index (κ1) is 16.8. The maximum absolute atomic E-state index is 10.4. The second-order valence-corrected chi connectivity index (χ2v) is 4.87. The minimum atomic E-state index is -0.458. The molecule has 0 atom stereocenters. The monoisotopic (exact) mass is 218 g/mol. The average Bonchev–Trinajstić information content (AvgIpc) is 2.02. The van der Waals surface area contributed by atoms with Gasteiger partial charge in [0, 0.05) is 6.92 Å². The molecular formula is C12H26O3. The third-order valence-corrected chi connectivity index (χ3v) is 2.14. The second-order valence-electron chi connectivity index (χ2n) is 4.87. The highest BCUT2D eigenvalue weighted by atomic mass is 16.6. The summed E-state index contributed by atoms with van der Waals surface area (Å²) in [5.41, 5.74) is -0.744. The van der Waals surface area contributed by atoms with Crippen LogP contribution in [0.5, 0.6) is 0 Å². The minimum absolute atomic E-state index is 0.207. The van der Waals surface area contributed by atoms with Crippen LogP contribution in [0.2, 0.25) is 0 Å². The van der Waals surface area contributed by atoms with Crippen molar-refractivity contribution < 1.29 is 14.6 Å². The standard InChI is InChI=1S/C7H14O2.C5H12O/c1-5-7(3,4)9-6(2)8;1-4-5(2,3)6/h5H2,1-4H3;6H,4H2,1-3H3. The topological polar surface area (TPSA) is 46.5 Å². The van der Waals surface area contributed by atoms with E-state index in [1.54, 1.807) is 13.8 Å². The van der Waals surface area contributed by atoms with Crippen LogP contribution < -0.4 is 0 Å². The SMILES string of the molecule is CCC(C)(C)O.CCC(C)(C)OC(C)=O. The zero-order valence-electron chi connectivity index (χ0n) is 11.2. The van der Waals surface area contributed by atoms with Gasteiger partial charge in [0.2, 0.25) is 0 Å². The Morgan fingerprint density at radius 1 is 1.13 bits per heavy atom. The normalized spacial score (nSPS) is 11.5. The van der Waals surface area contributed by atoms with Crippen molar-refractivity contribution >= 4 is 5.97 Å². The van der Waals surface area contributed by atoms with E-state index in [0.717, 1.165) is 12.8 Å². The summed E-state index contributed by atoms with van der Waals surface area (Å²) < 4.78 is 4.95. The van der Waals surface area contributed by atoms with Gasteiger partial charge >= 0.3 is 5.97 Å². The molecule has 0 aromatic rings. The van der Waals surface area contributed by atoms with Crippen LogP contribution in [0.4, 0.5) is 0 Å². The van der Waals surface area contributed by atoms with Gasteiger partial charge in [-0.05, 0) is 40.5 Å². The molecule has 0 radical (unpaired) electrons. The van der Waals surface area contributed by atoms with Gasteiger partial charge in [0.05, 0.1) is 5.60 Å². The lowest BCUT2D eigenvalue weighted by Crippen LogP contribution is -2.25. The van der Waals surface area contributed by atoms with Gasteiger partial charge in [-0.25, -0.2) is 0 Å². The Kier molecular flexibility index (Phi) is 7.67. The van der Waals surface area contributed by atoms with Gasteiger partial charge in [-0.2, -0.15) is 0 Å². The number of aliphatic hydroxyl groups is 1. The van der Waals surface area contributed by atoms with E-state index in [2.05, 4.69) is 0 Å². The Bertz CT molecular complexity index is 178. The largest absolute Gasteiger partial charge is 0.460 e. The molecule has 0 saturated carbocycles. The van der Waals surface area contributed by atoms with E-state index in [9.17, 15) is 4.79 Å². The molecule has 0 aliphatic carbocycles. The summed E-state index contributed by atoms with van der Waals surface area (Å²) in [7, 11) is 0. The predicted octanol–water partition coefficient (Wildman–Crippen LogP) is 2.91. The Labute approximate surface area is 93.8 Å². The van der Waals surface area contributed by atoms with Crippen LogP contribution in [0.15, 0.2) is 0 Å². The van der Waals surface area contributed by atoms with Crippen LogP contribution in [0.1, 0.15) is 61.3 Å². The molecule has 15 heavy (non-hydrogen) atoms. The highest BCUT2D eigenvalue weighted by Gasteiger charge is 2.17. The second kappa shape index (κ2) is 6.83. The minimum Gasteiger partial charge on any atom is -0.460 e. The molecule has 0 aliphatic rings. The van der Waals surface area contributed by atoms with Crippen molar-refractivity contribution in [1.82, 2.24) is 0 Å². The van der Waals surface area contributed by atoms with Crippen LogP contribution in [0.3, 0.4) is 0 Å². The molecule has 0 aliphatic heterocycles. The van der Waals surface area contributed by atoms with Gasteiger partial charge < -0.3 is 9.84 Å². The van der Waals surface area contributed by atoms with Gasteiger partial charge in [0.15, 0.2) is 0 Å². The first-order chi connectivity index (χ1) is 6.54. The number of esters is 1. The quantitative estimate of drug-likeness (QED) is 0.741. The smallest absolute Gasteiger partial charge is 0.303 e. The van der Waals surface area contributed by atoms with Crippen molar-refractivity contribution in [3.63, 3.8) is 0 Å².